The summed E-state index contributed by atoms with van der Waals surface area (Å²) in [5.74, 6) is 0. The molecule has 0 radical (unpaired) electrons. The zero-order valence-corrected chi connectivity index (χ0v) is 6.47. The van der Waals surface area contributed by atoms with E-state index in [4.69, 9.17) is 0 Å². The summed E-state index contributed by atoms with van der Waals surface area (Å²) in [6, 6.07) is -0.0301. The summed E-state index contributed by atoms with van der Waals surface area (Å²) in [5, 5.41) is 3.08. The van der Waals surface area contributed by atoms with Gasteiger partial charge in [-0.1, -0.05) is 13.0 Å². The molecule has 58 valence electrons. The second-order valence-corrected chi connectivity index (χ2v) is 2.22. The summed E-state index contributed by atoms with van der Waals surface area (Å²) >= 11 is 0. The Kier molecular flexibility index (Phi) is 6.08. The molecule has 0 aliphatic carbocycles. The van der Waals surface area contributed by atoms with Crippen molar-refractivity contribution in [3.05, 3.63) is 12.7 Å². The van der Waals surface area contributed by atoms with Crippen molar-refractivity contribution in [2.75, 3.05) is 6.54 Å². The van der Waals surface area contributed by atoms with Crippen LogP contribution in [0.15, 0.2) is 12.7 Å². The average Bonchev–Trinajstić information content (AvgIpc) is 1.98. The molecule has 0 saturated carbocycles. The second kappa shape index (κ2) is 6.49. The molecule has 0 aliphatic heterocycles. The summed E-state index contributed by atoms with van der Waals surface area (Å²) in [5.41, 5.74) is 0. The molecule has 0 amide bonds. The summed E-state index contributed by atoms with van der Waals surface area (Å²) < 4.78 is 0. The van der Waals surface area contributed by atoms with Gasteiger partial charge < -0.3 is 10.1 Å². The fraction of sp³-hybridized carbons (Fsp3) is 0.625. The van der Waals surface area contributed by atoms with Crippen molar-refractivity contribution in [3.63, 3.8) is 0 Å². The maximum Gasteiger partial charge on any atom is 0.137 e. The molecule has 0 heterocycles. The molecule has 1 N–H and O–H groups in total. The Morgan fingerprint density at radius 3 is 2.80 bits per heavy atom. The number of hydrogen-bond acceptors (Lipinski definition) is 2. The van der Waals surface area contributed by atoms with Crippen molar-refractivity contribution < 1.29 is 4.79 Å². The minimum absolute atomic E-state index is 0.0301. The molecule has 0 rings (SSSR count). The lowest BCUT2D eigenvalue weighted by molar-refractivity contribution is -0.109. The second-order valence-electron chi connectivity index (χ2n) is 2.22. The molecule has 0 aromatic rings. The summed E-state index contributed by atoms with van der Waals surface area (Å²) in [4.78, 5) is 10.3. The maximum absolute atomic E-state index is 10.3. The van der Waals surface area contributed by atoms with E-state index in [1.807, 2.05) is 0 Å². The fourth-order valence-electron chi connectivity index (χ4n) is 0.696. The van der Waals surface area contributed by atoms with Gasteiger partial charge in [0.2, 0.25) is 0 Å². The minimum Gasteiger partial charge on any atom is -0.307 e. The van der Waals surface area contributed by atoms with Crippen molar-refractivity contribution in [2.24, 2.45) is 0 Å². The van der Waals surface area contributed by atoms with Crippen LogP contribution in [0.1, 0.15) is 19.8 Å². The lowest BCUT2D eigenvalue weighted by atomic mass is 10.2. The van der Waals surface area contributed by atoms with Crippen molar-refractivity contribution in [3.8, 4) is 0 Å². The monoisotopic (exact) mass is 141 g/mol. The Hall–Kier alpha value is -0.630. The van der Waals surface area contributed by atoms with E-state index in [1.165, 1.54) is 0 Å². The average molecular weight is 141 g/mol. The van der Waals surface area contributed by atoms with Gasteiger partial charge in [-0.2, -0.15) is 0 Å². The highest BCUT2D eigenvalue weighted by molar-refractivity contribution is 5.57. The topological polar surface area (TPSA) is 29.1 Å². The van der Waals surface area contributed by atoms with E-state index in [9.17, 15) is 4.79 Å². The third-order valence-electron chi connectivity index (χ3n) is 1.24. The molecule has 0 aromatic carbocycles. The molecule has 0 fully saturated rings. The van der Waals surface area contributed by atoms with E-state index >= 15 is 0 Å². The SMILES string of the molecule is C=CCC(C=O)NCCC. The molecule has 0 spiro atoms. The third kappa shape index (κ3) is 4.27. The zero-order chi connectivity index (χ0) is 7.82. The van der Waals surface area contributed by atoms with Gasteiger partial charge in [0, 0.05) is 0 Å². The molecule has 2 heteroatoms. The van der Waals surface area contributed by atoms with Gasteiger partial charge in [-0.05, 0) is 19.4 Å². The van der Waals surface area contributed by atoms with Crippen LogP contribution in [0.5, 0.6) is 0 Å². The van der Waals surface area contributed by atoms with E-state index in [0.717, 1.165) is 25.7 Å². The van der Waals surface area contributed by atoms with Crippen molar-refractivity contribution in [1.82, 2.24) is 5.32 Å². The molecule has 0 saturated heterocycles. The number of nitrogens with one attached hydrogen (secondary N) is 1. The van der Waals surface area contributed by atoms with E-state index in [-0.39, 0.29) is 6.04 Å². The summed E-state index contributed by atoms with van der Waals surface area (Å²) in [6.07, 6.45) is 4.46. The van der Waals surface area contributed by atoms with Crippen molar-refractivity contribution >= 4 is 6.29 Å². The first-order valence-corrected chi connectivity index (χ1v) is 3.64. The number of carbonyl (C=O) groups excluding carboxylic acids is 1. The number of rotatable bonds is 6. The van der Waals surface area contributed by atoms with Crippen molar-refractivity contribution in [1.29, 1.82) is 0 Å². The quantitative estimate of drug-likeness (QED) is 0.444. The van der Waals surface area contributed by atoms with Crippen LogP contribution in [0, 0.1) is 0 Å². The number of carbonyl (C=O) groups is 1. The van der Waals surface area contributed by atoms with Crippen LogP contribution in [0.4, 0.5) is 0 Å². The van der Waals surface area contributed by atoms with Gasteiger partial charge >= 0.3 is 0 Å². The van der Waals surface area contributed by atoms with Crippen LogP contribution in [-0.4, -0.2) is 18.9 Å². The first-order valence-electron chi connectivity index (χ1n) is 3.64. The first kappa shape index (κ1) is 9.37. The zero-order valence-electron chi connectivity index (χ0n) is 6.47. The molecule has 0 aromatic heterocycles. The van der Waals surface area contributed by atoms with E-state index in [0.29, 0.717) is 0 Å². The van der Waals surface area contributed by atoms with Gasteiger partial charge in [-0.15, -0.1) is 6.58 Å². The van der Waals surface area contributed by atoms with Crippen LogP contribution in [-0.2, 0) is 4.79 Å². The fourth-order valence-corrected chi connectivity index (χ4v) is 0.696. The van der Waals surface area contributed by atoms with E-state index in [1.54, 1.807) is 6.08 Å². The Morgan fingerprint density at radius 1 is 1.70 bits per heavy atom. The minimum atomic E-state index is -0.0301. The third-order valence-corrected chi connectivity index (χ3v) is 1.24. The Bertz CT molecular complexity index is 101. The highest BCUT2D eigenvalue weighted by Crippen LogP contribution is 1.88. The number of aldehydes is 1. The standard InChI is InChI=1S/C8H15NO/c1-3-5-8(7-10)9-6-4-2/h3,7-9H,1,4-6H2,2H3. The maximum atomic E-state index is 10.3. The molecule has 1 unspecified atom stereocenters. The molecular formula is C8H15NO. The van der Waals surface area contributed by atoms with Gasteiger partial charge in [0.15, 0.2) is 0 Å². The Morgan fingerprint density at radius 2 is 2.40 bits per heavy atom. The lowest BCUT2D eigenvalue weighted by Crippen LogP contribution is -2.30. The van der Waals surface area contributed by atoms with Gasteiger partial charge in [0.25, 0.3) is 0 Å². The molecule has 1 atom stereocenters. The van der Waals surface area contributed by atoms with Crippen LogP contribution in [0.25, 0.3) is 0 Å². The first-order chi connectivity index (χ1) is 4.85. The molecule has 10 heavy (non-hydrogen) atoms. The molecule has 2 nitrogen and oxygen atoms in total. The van der Waals surface area contributed by atoms with Gasteiger partial charge in [-0.25, -0.2) is 0 Å². The molecular weight excluding hydrogens is 126 g/mol. The summed E-state index contributed by atoms with van der Waals surface area (Å²) in [7, 11) is 0. The van der Waals surface area contributed by atoms with Crippen LogP contribution >= 0.6 is 0 Å². The Labute approximate surface area is 62.3 Å². The number of hydrogen-bond donors (Lipinski definition) is 1. The predicted octanol–water partition coefficient (Wildman–Crippen LogP) is 1.13. The van der Waals surface area contributed by atoms with Crippen LogP contribution in [0.3, 0.4) is 0 Å². The van der Waals surface area contributed by atoms with Gasteiger partial charge in [-0.3, -0.25) is 0 Å². The van der Waals surface area contributed by atoms with E-state index < -0.39 is 0 Å². The molecule has 0 aliphatic rings. The van der Waals surface area contributed by atoms with Gasteiger partial charge in [0.1, 0.15) is 6.29 Å². The highest BCUT2D eigenvalue weighted by Gasteiger charge is 2.00. The molecule has 0 bridgehead atoms. The normalized spacial score (nSPS) is 12.5. The van der Waals surface area contributed by atoms with Gasteiger partial charge in [0.05, 0.1) is 6.04 Å². The van der Waals surface area contributed by atoms with Crippen LogP contribution < -0.4 is 5.32 Å². The predicted molar refractivity (Wildman–Crippen MR) is 43.0 cm³/mol. The highest BCUT2D eigenvalue weighted by atomic mass is 16.1. The summed E-state index contributed by atoms with van der Waals surface area (Å²) in [6.45, 7) is 6.53. The van der Waals surface area contributed by atoms with E-state index in [2.05, 4.69) is 18.8 Å². The largest absolute Gasteiger partial charge is 0.307 e. The smallest absolute Gasteiger partial charge is 0.137 e. The Balaban J connectivity index is 3.38. The lowest BCUT2D eigenvalue weighted by Gasteiger charge is -2.07. The van der Waals surface area contributed by atoms with Crippen molar-refractivity contribution in [2.45, 2.75) is 25.8 Å². The van der Waals surface area contributed by atoms with Crippen LogP contribution in [0.2, 0.25) is 0 Å².